The molecule has 1 atom stereocenters. The number of benzene rings is 1. The highest BCUT2D eigenvalue weighted by molar-refractivity contribution is 5.75. The van der Waals surface area contributed by atoms with Crippen LogP contribution in [0.3, 0.4) is 0 Å². The van der Waals surface area contributed by atoms with Gasteiger partial charge < -0.3 is 21.5 Å². The molecule has 1 aliphatic rings. The molecule has 1 heterocycles. The number of para-hydroxylation sites is 1. The Labute approximate surface area is 107 Å². The SMILES string of the molecule is NC(N)=NC[C@@H](O)CN1CCCc2ccccc21. The smallest absolute Gasteiger partial charge is 0.185 e. The lowest BCUT2D eigenvalue weighted by Gasteiger charge is -2.32. The molecule has 0 aromatic heterocycles. The van der Waals surface area contributed by atoms with Gasteiger partial charge in [-0.25, -0.2) is 0 Å². The second-order valence-corrected chi connectivity index (χ2v) is 4.60. The second kappa shape index (κ2) is 5.73. The zero-order chi connectivity index (χ0) is 13.0. The monoisotopic (exact) mass is 248 g/mol. The standard InChI is InChI=1S/C13H20N4O/c14-13(15)16-8-11(18)9-17-7-3-5-10-4-1-2-6-12(10)17/h1-2,4,6,11,18H,3,5,7-9H2,(H4,14,15,16)/t11-/m1/s1. The van der Waals surface area contributed by atoms with E-state index in [2.05, 4.69) is 28.1 Å². The van der Waals surface area contributed by atoms with Crippen molar-refractivity contribution in [3.05, 3.63) is 29.8 Å². The fraction of sp³-hybridized carbons (Fsp3) is 0.462. The number of β-amino-alcohol motifs (C(OH)–C–C–N with tert-alkyl or cyclic N) is 1. The summed E-state index contributed by atoms with van der Waals surface area (Å²) in [5.41, 5.74) is 13.1. The van der Waals surface area contributed by atoms with E-state index in [1.54, 1.807) is 0 Å². The number of aliphatic imine (C=N–C) groups is 1. The number of guanidine groups is 1. The quantitative estimate of drug-likeness (QED) is 0.520. The van der Waals surface area contributed by atoms with E-state index in [-0.39, 0.29) is 12.5 Å². The number of aliphatic hydroxyl groups is 1. The molecule has 0 aliphatic carbocycles. The van der Waals surface area contributed by atoms with E-state index in [4.69, 9.17) is 11.5 Å². The molecule has 0 spiro atoms. The number of aryl methyl sites for hydroxylation is 1. The third kappa shape index (κ3) is 3.13. The van der Waals surface area contributed by atoms with Gasteiger partial charge >= 0.3 is 0 Å². The van der Waals surface area contributed by atoms with Gasteiger partial charge in [0.1, 0.15) is 0 Å². The van der Waals surface area contributed by atoms with E-state index < -0.39 is 6.10 Å². The van der Waals surface area contributed by atoms with Crippen LogP contribution in [0.25, 0.3) is 0 Å². The predicted molar refractivity (Wildman–Crippen MR) is 73.7 cm³/mol. The van der Waals surface area contributed by atoms with E-state index in [0.29, 0.717) is 6.54 Å². The van der Waals surface area contributed by atoms with Gasteiger partial charge in [0.2, 0.25) is 0 Å². The predicted octanol–water partition coefficient (Wildman–Crippen LogP) is 0.0735. The molecular formula is C13H20N4O. The number of nitrogens with zero attached hydrogens (tertiary/aromatic N) is 2. The van der Waals surface area contributed by atoms with Crippen molar-refractivity contribution in [2.24, 2.45) is 16.5 Å². The number of aliphatic hydroxyl groups excluding tert-OH is 1. The summed E-state index contributed by atoms with van der Waals surface area (Å²) in [5, 5.41) is 9.92. The molecule has 5 heteroatoms. The molecule has 18 heavy (non-hydrogen) atoms. The van der Waals surface area contributed by atoms with Crippen molar-refractivity contribution in [1.29, 1.82) is 0 Å². The second-order valence-electron chi connectivity index (χ2n) is 4.60. The Morgan fingerprint density at radius 3 is 2.94 bits per heavy atom. The molecule has 0 fully saturated rings. The summed E-state index contributed by atoms with van der Waals surface area (Å²) in [6, 6.07) is 8.32. The third-order valence-electron chi connectivity index (χ3n) is 3.12. The van der Waals surface area contributed by atoms with Gasteiger partial charge in [0.25, 0.3) is 0 Å². The summed E-state index contributed by atoms with van der Waals surface area (Å²) in [4.78, 5) is 6.04. The molecule has 0 radical (unpaired) electrons. The van der Waals surface area contributed by atoms with Crippen molar-refractivity contribution >= 4 is 11.6 Å². The maximum atomic E-state index is 9.92. The van der Waals surface area contributed by atoms with Gasteiger partial charge in [-0.2, -0.15) is 0 Å². The van der Waals surface area contributed by atoms with E-state index in [1.807, 2.05) is 6.07 Å². The number of fused-ring (bicyclic) bond motifs is 1. The molecular weight excluding hydrogens is 228 g/mol. The van der Waals surface area contributed by atoms with Crippen molar-refractivity contribution in [3.63, 3.8) is 0 Å². The highest BCUT2D eigenvalue weighted by atomic mass is 16.3. The number of nitrogens with two attached hydrogens (primary N) is 2. The number of anilines is 1. The molecule has 0 amide bonds. The van der Waals surface area contributed by atoms with Crippen LogP contribution < -0.4 is 16.4 Å². The first-order valence-corrected chi connectivity index (χ1v) is 6.23. The Bertz CT molecular complexity index is 429. The molecule has 1 aromatic carbocycles. The summed E-state index contributed by atoms with van der Waals surface area (Å²) < 4.78 is 0. The van der Waals surface area contributed by atoms with Crippen molar-refractivity contribution < 1.29 is 5.11 Å². The van der Waals surface area contributed by atoms with Crippen molar-refractivity contribution in [2.45, 2.75) is 18.9 Å². The molecule has 1 aromatic rings. The molecule has 2 rings (SSSR count). The molecule has 0 bridgehead atoms. The van der Waals surface area contributed by atoms with Crippen LogP contribution in [0.1, 0.15) is 12.0 Å². The Morgan fingerprint density at radius 1 is 1.39 bits per heavy atom. The minimum absolute atomic E-state index is 0.0214. The van der Waals surface area contributed by atoms with Crippen LogP contribution in [0, 0.1) is 0 Å². The maximum absolute atomic E-state index is 9.92. The topological polar surface area (TPSA) is 87.9 Å². The molecule has 1 aliphatic heterocycles. The van der Waals surface area contributed by atoms with E-state index >= 15 is 0 Å². The maximum Gasteiger partial charge on any atom is 0.185 e. The number of hydrogen-bond acceptors (Lipinski definition) is 3. The van der Waals surface area contributed by atoms with Gasteiger partial charge in [-0.1, -0.05) is 18.2 Å². The molecule has 5 nitrogen and oxygen atoms in total. The first-order valence-electron chi connectivity index (χ1n) is 6.23. The van der Waals surface area contributed by atoms with Gasteiger partial charge in [-0.05, 0) is 24.5 Å². The number of rotatable bonds is 4. The largest absolute Gasteiger partial charge is 0.389 e. The fourth-order valence-corrected chi connectivity index (χ4v) is 2.32. The molecule has 98 valence electrons. The summed E-state index contributed by atoms with van der Waals surface area (Å²) >= 11 is 0. The fourth-order valence-electron chi connectivity index (χ4n) is 2.32. The Balaban J connectivity index is 2.00. The Hall–Kier alpha value is -1.75. The Morgan fingerprint density at radius 2 is 2.17 bits per heavy atom. The van der Waals surface area contributed by atoms with Crippen LogP contribution in [0.5, 0.6) is 0 Å². The summed E-state index contributed by atoms with van der Waals surface area (Å²) in [6.07, 6.45) is 1.68. The van der Waals surface area contributed by atoms with Crippen LogP contribution in [0.15, 0.2) is 29.3 Å². The van der Waals surface area contributed by atoms with Crippen LogP contribution in [-0.4, -0.2) is 36.8 Å². The minimum Gasteiger partial charge on any atom is -0.389 e. The van der Waals surface area contributed by atoms with Gasteiger partial charge in [0.05, 0.1) is 12.6 Å². The normalized spacial score (nSPS) is 15.9. The minimum atomic E-state index is -0.543. The third-order valence-corrected chi connectivity index (χ3v) is 3.12. The van der Waals surface area contributed by atoms with Crippen molar-refractivity contribution in [2.75, 3.05) is 24.5 Å². The van der Waals surface area contributed by atoms with Crippen LogP contribution in [-0.2, 0) is 6.42 Å². The van der Waals surface area contributed by atoms with Crippen LogP contribution >= 0.6 is 0 Å². The zero-order valence-electron chi connectivity index (χ0n) is 10.4. The lowest BCUT2D eigenvalue weighted by atomic mass is 10.0. The van der Waals surface area contributed by atoms with Gasteiger partial charge in [-0.15, -0.1) is 0 Å². The average Bonchev–Trinajstić information content (AvgIpc) is 2.37. The van der Waals surface area contributed by atoms with Crippen LogP contribution in [0.2, 0.25) is 0 Å². The average molecular weight is 248 g/mol. The number of hydrogen-bond donors (Lipinski definition) is 3. The molecule has 5 N–H and O–H groups in total. The first-order chi connectivity index (χ1) is 8.66. The van der Waals surface area contributed by atoms with E-state index in [9.17, 15) is 5.11 Å². The van der Waals surface area contributed by atoms with E-state index in [1.165, 1.54) is 11.3 Å². The van der Waals surface area contributed by atoms with Gasteiger partial charge in [-0.3, -0.25) is 4.99 Å². The Kier molecular flexibility index (Phi) is 4.04. The highest BCUT2D eigenvalue weighted by Crippen LogP contribution is 2.26. The van der Waals surface area contributed by atoms with E-state index in [0.717, 1.165) is 19.4 Å². The summed E-state index contributed by atoms with van der Waals surface area (Å²) in [7, 11) is 0. The highest BCUT2D eigenvalue weighted by Gasteiger charge is 2.18. The van der Waals surface area contributed by atoms with Crippen molar-refractivity contribution in [3.8, 4) is 0 Å². The lowest BCUT2D eigenvalue weighted by Crippen LogP contribution is -2.38. The molecule has 0 unspecified atom stereocenters. The molecule has 0 saturated carbocycles. The zero-order valence-corrected chi connectivity index (χ0v) is 10.4. The van der Waals surface area contributed by atoms with Crippen LogP contribution in [0.4, 0.5) is 5.69 Å². The molecule has 0 saturated heterocycles. The summed E-state index contributed by atoms with van der Waals surface area (Å²) in [6.45, 7) is 1.78. The lowest BCUT2D eigenvalue weighted by molar-refractivity contribution is 0.188. The van der Waals surface area contributed by atoms with Gasteiger partial charge in [0, 0.05) is 18.8 Å². The van der Waals surface area contributed by atoms with Crippen molar-refractivity contribution in [1.82, 2.24) is 0 Å². The summed E-state index contributed by atoms with van der Waals surface area (Å²) in [5.74, 6) is 0.0214. The first kappa shape index (κ1) is 12.7. The van der Waals surface area contributed by atoms with Gasteiger partial charge in [0.15, 0.2) is 5.96 Å².